The molecule has 82 valence electrons. The molecule has 1 N–H and O–H groups in total. The maximum atomic E-state index is 4.28. The van der Waals surface area contributed by atoms with Gasteiger partial charge in [-0.1, -0.05) is 0 Å². The van der Waals surface area contributed by atoms with Crippen molar-refractivity contribution in [2.24, 2.45) is 0 Å². The van der Waals surface area contributed by atoms with Crippen LogP contribution in [0.25, 0.3) is 0 Å². The molecule has 4 nitrogen and oxygen atoms in total. The van der Waals surface area contributed by atoms with E-state index >= 15 is 0 Å². The molecule has 0 aliphatic rings. The molecule has 0 saturated carbocycles. The number of nitrogens with zero attached hydrogens (tertiary/aromatic N) is 3. The Morgan fingerprint density at radius 3 is 2.62 bits per heavy atom. The average Bonchev–Trinajstić information content (AvgIpc) is 2.28. The van der Waals surface area contributed by atoms with E-state index in [4.69, 9.17) is 0 Å². The van der Waals surface area contributed by atoms with Crippen molar-refractivity contribution in [2.75, 3.05) is 5.32 Å². The second-order valence-electron chi connectivity index (χ2n) is 3.69. The Hall–Kier alpha value is -1.97. The minimum atomic E-state index is 0.677. The standard InChI is InChI=1S/C12H14N4/c1-9-5-11(3-4-13-9)16-8-12-7-14-10(2)6-15-12/h3-7H,8H2,1-2H3,(H,13,16). The van der Waals surface area contributed by atoms with Crippen LogP contribution in [0.2, 0.25) is 0 Å². The topological polar surface area (TPSA) is 50.7 Å². The van der Waals surface area contributed by atoms with E-state index < -0.39 is 0 Å². The minimum Gasteiger partial charge on any atom is -0.379 e. The van der Waals surface area contributed by atoms with E-state index in [1.54, 1.807) is 18.6 Å². The lowest BCUT2D eigenvalue weighted by molar-refractivity contribution is 0.983. The monoisotopic (exact) mass is 214 g/mol. The summed E-state index contributed by atoms with van der Waals surface area (Å²) in [5, 5.41) is 3.28. The summed E-state index contributed by atoms with van der Waals surface area (Å²) in [6, 6.07) is 3.94. The van der Waals surface area contributed by atoms with Gasteiger partial charge in [-0.05, 0) is 26.0 Å². The second-order valence-corrected chi connectivity index (χ2v) is 3.69. The summed E-state index contributed by atoms with van der Waals surface area (Å²) in [6.07, 6.45) is 5.35. The summed E-state index contributed by atoms with van der Waals surface area (Å²) in [4.78, 5) is 12.6. The van der Waals surface area contributed by atoms with Crippen LogP contribution in [-0.4, -0.2) is 15.0 Å². The van der Waals surface area contributed by atoms with Gasteiger partial charge in [-0.15, -0.1) is 0 Å². The predicted octanol–water partition coefficient (Wildman–Crippen LogP) is 2.10. The van der Waals surface area contributed by atoms with Gasteiger partial charge in [0, 0.05) is 23.8 Å². The average molecular weight is 214 g/mol. The Labute approximate surface area is 94.8 Å². The highest BCUT2D eigenvalue weighted by Crippen LogP contribution is 2.08. The molecule has 0 bridgehead atoms. The molecule has 0 aliphatic carbocycles. The number of rotatable bonds is 3. The molecule has 16 heavy (non-hydrogen) atoms. The fourth-order valence-electron chi connectivity index (χ4n) is 1.36. The van der Waals surface area contributed by atoms with E-state index in [0.717, 1.165) is 22.8 Å². The van der Waals surface area contributed by atoms with E-state index in [1.165, 1.54) is 0 Å². The highest BCUT2D eigenvalue weighted by Gasteiger charge is 1.96. The molecule has 0 amide bonds. The first-order chi connectivity index (χ1) is 7.74. The highest BCUT2D eigenvalue weighted by atomic mass is 14.9. The van der Waals surface area contributed by atoms with Crippen molar-refractivity contribution in [2.45, 2.75) is 20.4 Å². The maximum absolute atomic E-state index is 4.28. The highest BCUT2D eigenvalue weighted by molar-refractivity contribution is 5.43. The molecular formula is C12H14N4. The lowest BCUT2D eigenvalue weighted by Crippen LogP contribution is -2.02. The van der Waals surface area contributed by atoms with Crippen LogP contribution in [0, 0.1) is 13.8 Å². The summed E-state index contributed by atoms with van der Waals surface area (Å²) in [5.41, 5.74) is 3.92. The van der Waals surface area contributed by atoms with Crippen LogP contribution in [-0.2, 0) is 6.54 Å². The third-order valence-electron chi connectivity index (χ3n) is 2.20. The van der Waals surface area contributed by atoms with E-state index in [0.29, 0.717) is 6.54 Å². The van der Waals surface area contributed by atoms with Gasteiger partial charge in [0.1, 0.15) is 0 Å². The van der Waals surface area contributed by atoms with Crippen molar-refractivity contribution in [3.05, 3.63) is 47.8 Å². The summed E-state index contributed by atoms with van der Waals surface area (Å²) < 4.78 is 0. The van der Waals surface area contributed by atoms with E-state index in [2.05, 4.69) is 20.3 Å². The van der Waals surface area contributed by atoms with Crippen LogP contribution in [0.1, 0.15) is 17.1 Å². The van der Waals surface area contributed by atoms with Gasteiger partial charge in [-0.25, -0.2) is 0 Å². The number of anilines is 1. The second kappa shape index (κ2) is 4.70. The molecule has 0 atom stereocenters. The zero-order valence-electron chi connectivity index (χ0n) is 9.44. The molecular weight excluding hydrogens is 200 g/mol. The van der Waals surface area contributed by atoms with Gasteiger partial charge in [-0.2, -0.15) is 0 Å². The summed E-state index contributed by atoms with van der Waals surface area (Å²) in [7, 11) is 0. The molecule has 0 unspecified atom stereocenters. The van der Waals surface area contributed by atoms with Gasteiger partial charge in [-0.3, -0.25) is 15.0 Å². The summed E-state index contributed by atoms with van der Waals surface area (Å²) in [5.74, 6) is 0. The first-order valence-corrected chi connectivity index (χ1v) is 5.18. The van der Waals surface area contributed by atoms with Gasteiger partial charge in [0.25, 0.3) is 0 Å². The molecule has 2 heterocycles. The maximum Gasteiger partial charge on any atom is 0.0777 e. The van der Waals surface area contributed by atoms with Crippen molar-refractivity contribution in [3.8, 4) is 0 Å². The zero-order chi connectivity index (χ0) is 11.4. The fourth-order valence-corrected chi connectivity index (χ4v) is 1.36. The Bertz CT molecular complexity index is 465. The molecule has 2 aromatic heterocycles. The number of hydrogen-bond donors (Lipinski definition) is 1. The lowest BCUT2D eigenvalue weighted by atomic mass is 10.3. The number of aromatic nitrogens is 3. The third kappa shape index (κ3) is 2.76. The molecule has 0 aromatic carbocycles. The van der Waals surface area contributed by atoms with Gasteiger partial charge < -0.3 is 5.32 Å². The number of pyridine rings is 1. The van der Waals surface area contributed by atoms with Crippen LogP contribution >= 0.6 is 0 Å². The smallest absolute Gasteiger partial charge is 0.0777 e. The first-order valence-electron chi connectivity index (χ1n) is 5.18. The van der Waals surface area contributed by atoms with Crippen LogP contribution in [0.3, 0.4) is 0 Å². The van der Waals surface area contributed by atoms with Gasteiger partial charge in [0.05, 0.1) is 24.1 Å². The molecule has 0 radical (unpaired) electrons. The predicted molar refractivity (Wildman–Crippen MR) is 63.1 cm³/mol. The van der Waals surface area contributed by atoms with Crippen molar-refractivity contribution in [3.63, 3.8) is 0 Å². The molecule has 0 saturated heterocycles. The third-order valence-corrected chi connectivity index (χ3v) is 2.20. The van der Waals surface area contributed by atoms with E-state index in [-0.39, 0.29) is 0 Å². The van der Waals surface area contributed by atoms with Gasteiger partial charge in [0.15, 0.2) is 0 Å². The lowest BCUT2D eigenvalue weighted by Gasteiger charge is -2.05. The first kappa shape index (κ1) is 10.5. The largest absolute Gasteiger partial charge is 0.379 e. The molecule has 2 rings (SSSR count). The normalized spacial score (nSPS) is 10.1. The van der Waals surface area contributed by atoms with E-state index in [9.17, 15) is 0 Å². The molecule has 2 aromatic rings. The zero-order valence-corrected chi connectivity index (χ0v) is 9.44. The van der Waals surface area contributed by atoms with Crippen molar-refractivity contribution >= 4 is 5.69 Å². The summed E-state index contributed by atoms with van der Waals surface area (Å²) >= 11 is 0. The Balaban J connectivity index is 1.99. The van der Waals surface area contributed by atoms with Crippen molar-refractivity contribution < 1.29 is 0 Å². The molecule has 0 fully saturated rings. The number of hydrogen-bond acceptors (Lipinski definition) is 4. The molecule has 0 spiro atoms. The fraction of sp³-hybridized carbons (Fsp3) is 0.250. The Kier molecular flexibility index (Phi) is 3.10. The van der Waals surface area contributed by atoms with Crippen LogP contribution in [0.15, 0.2) is 30.7 Å². The van der Waals surface area contributed by atoms with Crippen LogP contribution < -0.4 is 5.32 Å². The SMILES string of the molecule is Cc1cnc(CNc2ccnc(C)c2)cn1. The van der Waals surface area contributed by atoms with Crippen molar-refractivity contribution in [1.82, 2.24) is 15.0 Å². The summed E-state index contributed by atoms with van der Waals surface area (Å²) in [6.45, 7) is 4.57. The molecule has 4 heteroatoms. The van der Waals surface area contributed by atoms with Gasteiger partial charge in [0.2, 0.25) is 0 Å². The van der Waals surface area contributed by atoms with E-state index in [1.807, 2.05) is 26.0 Å². The minimum absolute atomic E-state index is 0.677. The van der Waals surface area contributed by atoms with Crippen LogP contribution in [0.4, 0.5) is 5.69 Å². The molecule has 0 aliphatic heterocycles. The van der Waals surface area contributed by atoms with Crippen LogP contribution in [0.5, 0.6) is 0 Å². The Morgan fingerprint density at radius 2 is 1.94 bits per heavy atom. The quantitative estimate of drug-likeness (QED) is 0.850. The number of aryl methyl sites for hydroxylation is 2. The van der Waals surface area contributed by atoms with Crippen molar-refractivity contribution in [1.29, 1.82) is 0 Å². The Morgan fingerprint density at radius 1 is 1.06 bits per heavy atom. The number of nitrogens with one attached hydrogen (secondary N) is 1. The van der Waals surface area contributed by atoms with Gasteiger partial charge >= 0.3 is 0 Å².